The third-order valence-corrected chi connectivity index (χ3v) is 2.34. The number of rotatable bonds is 2. The molecule has 84 valence electrons. The lowest BCUT2D eigenvalue weighted by molar-refractivity contribution is 0.373. The van der Waals surface area contributed by atoms with Crippen molar-refractivity contribution in [3.05, 3.63) is 23.8 Å². The van der Waals surface area contributed by atoms with Gasteiger partial charge in [0.15, 0.2) is 0 Å². The molecule has 0 aliphatic heterocycles. The van der Waals surface area contributed by atoms with Gasteiger partial charge in [0.2, 0.25) is 0 Å². The van der Waals surface area contributed by atoms with Gasteiger partial charge in [0.1, 0.15) is 11.5 Å². The van der Waals surface area contributed by atoms with E-state index in [-0.39, 0.29) is 11.2 Å². The number of benzene rings is 1. The van der Waals surface area contributed by atoms with Crippen LogP contribution in [0.1, 0.15) is 26.3 Å². The molecular weight excluding hydrogens is 215 g/mol. The smallest absolute Gasteiger partial charge is 0.391 e. The van der Waals surface area contributed by atoms with Gasteiger partial charge in [0.25, 0.3) is 0 Å². The Kier molecular flexibility index (Phi) is 3.55. The Labute approximate surface area is 90.1 Å². The van der Waals surface area contributed by atoms with Crippen LogP contribution in [-0.4, -0.2) is 14.9 Å². The predicted octanol–water partition coefficient (Wildman–Crippen LogP) is 2.28. The summed E-state index contributed by atoms with van der Waals surface area (Å²) in [6.45, 7) is 5.85. The number of phenols is 1. The summed E-state index contributed by atoms with van der Waals surface area (Å²) in [5.41, 5.74) is 0.480. The largest absolute Gasteiger partial charge is 0.508 e. The highest BCUT2D eigenvalue weighted by Gasteiger charge is 2.19. The minimum absolute atomic E-state index is 0.176. The van der Waals surface area contributed by atoms with E-state index in [1.54, 1.807) is 6.07 Å². The fourth-order valence-electron chi connectivity index (χ4n) is 1.27. The van der Waals surface area contributed by atoms with Crippen LogP contribution in [0, 0.1) is 0 Å². The van der Waals surface area contributed by atoms with Crippen molar-refractivity contribution in [1.82, 2.24) is 0 Å². The van der Waals surface area contributed by atoms with Crippen LogP contribution in [0.4, 0.5) is 0 Å². The molecule has 5 heteroatoms. The standard InChI is InChI=1S/C10H15O4P/c1-10(2,3)8-6-7(14-15(12)13)4-5-9(8)11/h4-6,11-13H,1-3H3. The summed E-state index contributed by atoms with van der Waals surface area (Å²) in [7, 11) is -2.42. The lowest BCUT2D eigenvalue weighted by atomic mass is 9.86. The fraction of sp³-hybridized carbons (Fsp3) is 0.400. The van der Waals surface area contributed by atoms with Crippen molar-refractivity contribution in [2.45, 2.75) is 26.2 Å². The average Bonchev–Trinajstić information content (AvgIpc) is 2.05. The van der Waals surface area contributed by atoms with Crippen molar-refractivity contribution in [1.29, 1.82) is 0 Å². The number of hydrogen-bond donors (Lipinski definition) is 3. The Morgan fingerprint density at radius 3 is 2.27 bits per heavy atom. The number of phenolic OH excluding ortho intramolecular Hbond substituents is 1. The summed E-state index contributed by atoms with van der Waals surface area (Å²) in [6.07, 6.45) is 0. The first kappa shape index (κ1) is 12.2. The van der Waals surface area contributed by atoms with Gasteiger partial charge in [-0.25, -0.2) is 0 Å². The Balaban J connectivity index is 3.06. The van der Waals surface area contributed by atoms with Gasteiger partial charge < -0.3 is 19.4 Å². The molecule has 0 aliphatic rings. The molecule has 1 rings (SSSR count). The molecule has 0 aromatic heterocycles. The van der Waals surface area contributed by atoms with Crippen molar-refractivity contribution in [2.24, 2.45) is 0 Å². The predicted molar refractivity (Wildman–Crippen MR) is 58.8 cm³/mol. The third-order valence-electron chi connectivity index (χ3n) is 1.96. The first-order valence-electron chi connectivity index (χ1n) is 4.50. The second kappa shape index (κ2) is 4.35. The monoisotopic (exact) mass is 230 g/mol. The summed E-state index contributed by atoms with van der Waals surface area (Å²) in [4.78, 5) is 17.4. The molecule has 1 aromatic carbocycles. The maximum Gasteiger partial charge on any atom is 0.391 e. The molecule has 0 saturated carbocycles. The molecular formula is C10H15O4P. The zero-order chi connectivity index (χ0) is 11.6. The Morgan fingerprint density at radius 1 is 1.20 bits per heavy atom. The SMILES string of the molecule is CC(C)(C)c1cc(OP(O)O)ccc1O. The van der Waals surface area contributed by atoms with Gasteiger partial charge in [-0.3, -0.25) is 0 Å². The molecule has 0 bridgehead atoms. The molecule has 0 heterocycles. The zero-order valence-electron chi connectivity index (χ0n) is 8.93. The molecule has 0 saturated heterocycles. The van der Waals surface area contributed by atoms with Crippen LogP contribution in [0.2, 0.25) is 0 Å². The molecule has 0 atom stereocenters. The van der Waals surface area contributed by atoms with E-state index in [1.165, 1.54) is 12.1 Å². The Bertz CT molecular complexity index is 344. The van der Waals surface area contributed by atoms with Crippen molar-refractivity contribution in [2.75, 3.05) is 0 Å². The van der Waals surface area contributed by atoms with E-state index in [1.807, 2.05) is 20.8 Å². The quantitative estimate of drug-likeness (QED) is 0.682. The van der Waals surface area contributed by atoms with Gasteiger partial charge >= 0.3 is 8.60 Å². The normalized spacial score (nSPS) is 11.9. The fourth-order valence-corrected chi connectivity index (χ4v) is 1.57. The van der Waals surface area contributed by atoms with Crippen LogP contribution in [0.3, 0.4) is 0 Å². The van der Waals surface area contributed by atoms with Crippen LogP contribution in [0.25, 0.3) is 0 Å². The molecule has 15 heavy (non-hydrogen) atoms. The van der Waals surface area contributed by atoms with E-state index in [0.717, 1.165) is 0 Å². The van der Waals surface area contributed by atoms with Crippen molar-refractivity contribution >= 4 is 8.60 Å². The first-order chi connectivity index (χ1) is 6.80. The molecule has 0 radical (unpaired) electrons. The molecule has 4 nitrogen and oxygen atoms in total. The molecule has 0 spiro atoms. The van der Waals surface area contributed by atoms with Crippen LogP contribution >= 0.6 is 8.60 Å². The van der Waals surface area contributed by atoms with Crippen LogP contribution < -0.4 is 4.52 Å². The van der Waals surface area contributed by atoms with Gasteiger partial charge in [0, 0.05) is 5.56 Å². The molecule has 0 fully saturated rings. The van der Waals surface area contributed by atoms with Crippen molar-refractivity contribution in [3.63, 3.8) is 0 Å². The van der Waals surface area contributed by atoms with Crippen LogP contribution in [0.5, 0.6) is 11.5 Å². The highest BCUT2D eigenvalue weighted by atomic mass is 31.2. The molecule has 1 aromatic rings. The van der Waals surface area contributed by atoms with E-state index in [9.17, 15) is 5.11 Å². The lowest BCUT2D eigenvalue weighted by Crippen LogP contribution is -2.11. The second-order valence-electron chi connectivity index (χ2n) is 4.27. The maximum absolute atomic E-state index is 9.63. The van der Waals surface area contributed by atoms with Crippen LogP contribution in [-0.2, 0) is 5.41 Å². The molecule has 0 unspecified atom stereocenters. The van der Waals surface area contributed by atoms with E-state index in [4.69, 9.17) is 14.3 Å². The van der Waals surface area contributed by atoms with Gasteiger partial charge in [-0.2, -0.15) is 0 Å². The topological polar surface area (TPSA) is 69.9 Å². The number of hydrogen-bond acceptors (Lipinski definition) is 4. The summed E-state index contributed by atoms with van der Waals surface area (Å²) in [5, 5.41) is 9.63. The van der Waals surface area contributed by atoms with E-state index in [2.05, 4.69) is 0 Å². The Morgan fingerprint density at radius 2 is 1.80 bits per heavy atom. The van der Waals surface area contributed by atoms with Gasteiger partial charge in [-0.15, -0.1) is 0 Å². The minimum atomic E-state index is -2.42. The summed E-state index contributed by atoms with van der Waals surface area (Å²) in [5.74, 6) is 0.517. The van der Waals surface area contributed by atoms with Crippen molar-refractivity contribution in [3.8, 4) is 11.5 Å². The van der Waals surface area contributed by atoms with Gasteiger partial charge in [0.05, 0.1) is 0 Å². The number of aromatic hydroxyl groups is 1. The van der Waals surface area contributed by atoms with E-state index < -0.39 is 8.60 Å². The van der Waals surface area contributed by atoms with E-state index >= 15 is 0 Å². The average molecular weight is 230 g/mol. The highest BCUT2D eigenvalue weighted by molar-refractivity contribution is 7.39. The van der Waals surface area contributed by atoms with Gasteiger partial charge in [-0.1, -0.05) is 20.8 Å². The summed E-state index contributed by atoms with van der Waals surface area (Å²) < 4.78 is 4.77. The minimum Gasteiger partial charge on any atom is -0.508 e. The van der Waals surface area contributed by atoms with Crippen molar-refractivity contribution < 1.29 is 19.4 Å². The lowest BCUT2D eigenvalue weighted by Gasteiger charge is -2.21. The third kappa shape index (κ3) is 3.34. The van der Waals surface area contributed by atoms with E-state index in [0.29, 0.717) is 11.3 Å². The first-order valence-corrected chi connectivity index (χ1v) is 5.66. The molecule has 3 N–H and O–H groups in total. The maximum atomic E-state index is 9.63. The second-order valence-corrected chi connectivity index (χ2v) is 4.96. The summed E-state index contributed by atoms with van der Waals surface area (Å²) in [6, 6.07) is 4.58. The highest BCUT2D eigenvalue weighted by Crippen LogP contribution is 2.36. The molecule has 0 amide bonds. The Hall–Kier alpha value is -0.830. The summed E-state index contributed by atoms with van der Waals surface area (Å²) >= 11 is 0. The molecule has 0 aliphatic carbocycles. The zero-order valence-corrected chi connectivity index (χ0v) is 9.82. The van der Waals surface area contributed by atoms with Gasteiger partial charge in [-0.05, 0) is 23.6 Å². The van der Waals surface area contributed by atoms with Crippen LogP contribution in [0.15, 0.2) is 18.2 Å².